The molecule has 0 aromatic carbocycles. The first-order valence-electron chi connectivity index (χ1n) is 6.60. The molecule has 19 heavy (non-hydrogen) atoms. The van der Waals surface area contributed by atoms with Crippen LogP contribution in [-0.4, -0.2) is 26.8 Å². The van der Waals surface area contributed by atoms with E-state index in [2.05, 4.69) is 21.4 Å². The normalized spacial score (nSPS) is 30.2. The summed E-state index contributed by atoms with van der Waals surface area (Å²) in [5, 5.41) is 13.9. The van der Waals surface area contributed by atoms with E-state index in [-0.39, 0.29) is 11.1 Å². The zero-order valence-corrected chi connectivity index (χ0v) is 11.4. The van der Waals surface area contributed by atoms with Gasteiger partial charge in [-0.05, 0) is 32.1 Å². The quantitative estimate of drug-likeness (QED) is 0.813. The second-order valence-electron chi connectivity index (χ2n) is 5.33. The minimum Gasteiger partial charge on any atom is -0.301 e. The summed E-state index contributed by atoms with van der Waals surface area (Å²) >= 11 is 1.57. The number of hydrogen-bond donors (Lipinski definition) is 2. The molecule has 3 rings (SSSR count). The number of aromatic nitrogens is 2. The molecule has 2 aliphatic carbocycles. The molecule has 100 valence electrons. The zero-order chi connectivity index (χ0) is 13.3. The van der Waals surface area contributed by atoms with Crippen molar-refractivity contribution in [1.29, 1.82) is 5.26 Å². The van der Waals surface area contributed by atoms with Crippen molar-refractivity contribution in [2.45, 2.75) is 54.1 Å². The van der Waals surface area contributed by atoms with Crippen molar-refractivity contribution in [3.8, 4) is 6.07 Å². The summed E-state index contributed by atoms with van der Waals surface area (Å²) < 4.78 is 0. The van der Waals surface area contributed by atoms with E-state index < -0.39 is 0 Å². The molecule has 2 saturated carbocycles. The topological polar surface area (TPSA) is 81.6 Å². The summed E-state index contributed by atoms with van der Waals surface area (Å²) in [6, 6.07) is 4.41. The van der Waals surface area contributed by atoms with Gasteiger partial charge in [0.15, 0.2) is 5.16 Å². The molecule has 1 aromatic rings. The number of nitriles is 1. The Kier molecular flexibility index (Phi) is 3.33. The molecule has 0 spiro atoms. The smallest absolute Gasteiger partial charge is 0.251 e. The first-order chi connectivity index (χ1) is 9.19. The Balaban J connectivity index is 1.65. The van der Waals surface area contributed by atoms with Crippen LogP contribution in [0.3, 0.4) is 0 Å². The minimum absolute atomic E-state index is 0.127. The molecule has 0 aliphatic heterocycles. The minimum atomic E-state index is -0.367. The van der Waals surface area contributed by atoms with Gasteiger partial charge < -0.3 is 4.98 Å². The summed E-state index contributed by atoms with van der Waals surface area (Å²) in [6.07, 6.45) is 6.59. The van der Waals surface area contributed by atoms with Gasteiger partial charge in [0.2, 0.25) is 0 Å². The van der Waals surface area contributed by atoms with E-state index in [1.807, 2.05) is 0 Å². The largest absolute Gasteiger partial charge is 0.301 e. The zero-order valence-electron chi connectivity index (χ0n) is 10.6. The lowest BCUT2D eigenvalue weighted by molar-refractivity contribution is 0.420. The molecule has 6 heteroatoms. The van der Waals surface area contributed by atoms with Gasteiger partial charge in [0.1, 0.15) is 5.54 Å². The van der Waals surface area contributed by atoms with Gasteiger partial charge >= 0.3 is 0 Å². The maximum atomic E-state index is 11.2. The fourth-order valence-corrected chi connectivity index (χ4v) is 3.75. The summed E-state index contributed by atoms with van der Waals surface area (Å²) in [6.45, 7) is 0. The Morgan fingerprint density at radius 2 is 2.37 bits per heavy atom. The van der Waals surface area contributed by atoms with Crippen LogP contribution in [0.5, 0.6) is 0 Å². The number of nitrogens with zero attached hydrogens (tertiary/aromatic N) is 2. The van der Waals surface area contributed by atoms with Crippen molar-refractivity contribution in [2.75, 3.05) is 0 Å². The molecule has 0 bridgehead atoms. The van der Waals surface area contributed by atoms with Gasteiger partial charge in [-0.25, -0.2) is 4.98 Å². The van der Waals surface area contributed by atoms with Crippen LogP contribution in [0.25, 0.3) is 0 Å². The molecule has 1 heterocycles. The van der Waals surface area contributed by atoms with Crippen LogP contribution in [0.15, 0.2) is 22.2 Å². The molecule has 2 fully saturated rings. The highest BCUT2D eigenvalue weighted by Crippen LogP contribution is 2.40. The Hall–Kier alpha value is -1.32. The Labute approximate surface area is 115 Å². The van der Waals surface area contributed by atoms with E-state index in [9.17, 15) is 10.1 Å². The molecule has 0 amide bonds. The molecular weight excluding hydrogens is 260 g/mol. The molecule has 1 aromatic heterocycles. The standard InChI is InChI=1S/C13H16N4OS/c14-8-13(17-9-1-2-9)5-3-10(7-13)19-12-15-6-4-11(18)16-12/h4,6,9-10,17H,1-3,5,7H2,(H,15,16,18). The molecule has 2 aliphatic rings. The van der Waals surface area contributed by atoms with Crippen LogP contribution in [0.1, 0.15) is 32.1 Å². The fraction of sp³-hybridized carbons (Fsp3) is 0.615. The Bertz CT molecular complexity index is 562. The highest BCUT2D eigenvalue weighted by Gasteiger charge is 2.43. The van der Waals surface area contributed by atoms with Crippen LogP contribution >= 0.6 is 11.8 Å². The van der Waals surface area contributed by atoms with Gasteiger partial charge in [-0.3, -0.25) is 10.1 Å². The lowest BCUT2D eigenvalue weighted by atomic mass is 10.00. The second kappa shape index (κ2) is 4.99. The van der Waals surface area contributed by atoms with E-state index in [1.54, 1.807) is 11.8 Å². The average molecular weight is 276 g/mol. The number of H-pyrrole nitrogens is 1. The summed E-state index contributed by atoms with van der Waals surface area (Å²) in [5.74, 6) is 0. The Morgan fingerprint density at radius 3 is 3.05 bits per heavy atom. The Morgan fingerprint density at radius 1 is 1.53 bits per heavy atom. The molecule has 2 unspecified atom stereocenters. The van der Waals surface area contributed by atoms with E-state index in [1.165, 1.54) is 25.1 Å². The molecule has 0 saturated heterocycles. The van der Waals surface area contributed by atoms with E-state index in [0.29, 0.717) is 16.4 Å². The maximum Gasteiger partial charge on any atom is 0.251 e. The van der Waals surface area contributed by atoms with Crippen molar-refractivity contribution in [3.63, 3.8) is 0 Å². The predicted octanol–water partition coefficient (Wildman–Crippen LogP) is 1.43. The van der Waals surface area contributed by atoms with E-state index in [4.69, 9.17) is 0 Å². The molecular formula is C13H16N4OS. The molecule has 0 radical (unpaired) electrons. The van der Waals surface area contributed by atoms with E-state index >= 15 is 0 Å². The highest BCUT2D eigenvalue weighted by atomic mass is 32.2. The van der Waals surface area contributed by atoms with Crippen LogP contribution in [0, 0.1) is 11.3 Å². The van der Waals surface area contributed by atoms with Crippen molar-refractivity contribution < 1.29 is 0 Å². The maximum absolute atomic E-state index is 11.2. The fourth-order valence-electron chi connectivity index (χ4n) is 2.55. The van der Waals surface area contributed by atoms with Crippen LogP contribution in [-0.2, 0) is 0 Å². The summed E-state index contributed by atoms with van der Waals surface area (Å²) in [4.78, 5) is 18.1. The lowest BCUT2D eigenvalue weighted by Gasteiger charge is -2.22. The number of rotatable bonds is 4. The third kappa shape index (κ3) is 2.99. The first-order valence-corrected chi connectivity index (χ1v) is 7.48. The molecule has 2 atom stereocenters. The summed E-state index contributed by atoms with van der Waals surface area (Å²) in [7, 11) is 0. The second-order valence-corrected chi connectivity index (χ2v) is 6.62. The predicted molar refractivity (Wildman–Crippen MR) is 72.9 cm³/mol. The van der Waals surface area contributed by atoms with Crippen LogP contribution in [0.2, 0.25) is 0 Å². The van der Waals surface area contributed by atoms with Gasteiger partial charge in [0.05, 0.1) is 6.07 Å². The lowest BCUT2D eigenvalue weighted by Crippen LogP contribution is -2.43. The third-order valence-corrected chi connectivity index (χ3v) is 4.83. The molecule has 5 nitrogen and oxygen atoms in total. The van der Waals surface area contributed by atoms with Crippen molar-refractivity contribution in [1.82, 2.24) is 15.3 Å². The number of thioether (sulfide) groups is 1. The van der Waals surface area contributed by atoms with E-state index in [0.717, 1.165) is 19.3 Å². The third-order valence-electron chi connectivity index (χ3n) is 3.67. The van der Waals surface area contributed by atoms with Crippen LogP contribution < -0.4 is 10.9 Å². The SMILES string of the molecule is N#CC1(NC2CC2)CCC(Sc2nccc(=O)[nH]2)C1. The van der Waals surface area contributed by atoms with Gasteiger partial charge in [-0.15, -0.1) is 0 Å². The summed E-state index contributed by atoms with van der Waals surface area (Å²) in [5.41, 5.74) is -0.494. The number of hydrogen-bond acceptors (Lipinski definition) is 5. The van der Waals surface area contributed by atoms with Crippen molar-refractivity contribution in [3.05, 3.63) is 22.6 Å². The van der Waals surface area contributed by atoms with Gasteiger partial charge in [-0.1, -0.05) is 11.8 Å². The highest BCUT2D eigenvalue weighted by molar-refractivity contribution is 7.99. The van der Waals surface area contributed by atoms with Crippen molar-refractivity contribution >= 4 is 11.8 Å². The van der Waals surface area contributed by atoms with Gasteiger partial charge in [0.25, 0.3) is 5.56 Å². The van der Waals surface area contributed by atoms with Crippen molar-refractivity contribution in [2.24, 2.45) is 0 Å². The average Bonchev–Trinajstić information content (AvgIpc) is 3.11. The van der Waals surface area contributed by atoms with Gasteiger partial charge in [-0.2, -0.15) is 5.26 Å². The van der Waals surface area contributed by atoms with Gasteiger partial charge in [0, 0.05) is 23.6 Å². The number of nitrogens with one attached hydrogen (secondary N) is 2. The van der Waals surface area contributed by atoms with Crippen LogP contribution in [0.4, 0.5) is 0 Å². The first kappa shape index (κ1) is 12.7. The molecule has 2 N–H and O–H groups in total. The number of aromatic amines is 1. The monoisotopic (exact) mass is 276 g/mol.